The summed E-state index contributed by atoms with van der Waals surface area (Å²) in [6, 6.07) is 7.00. The molecule has 1 aromatic heterocycles. The first-order valence-corrected chi connectivity index (χ1v) is 7.17. The van der Waals surface area contributed by atoms with E-state index in [4.69, 9.17) is 16.3 Å². The lowest BCUT2D eigenvalue weighted by Gasteiger charge is -2.13. The van der Waals surface area contributed by atoms with Crippen LogP contribution in [0.25, 0.3) is 10.9 Å². The summed E-state index contributed by atoms with van der Waals surface area (Å²) in [5.41, 5.74) is 1.36. The maximum absolute atomic E-state index is 12.3. The summed E-state index contributed by atoms with van der Waals surface area (Å²) < 4.78 is 5.26. The molecule has 5 nitrogen and oxygen atoms in total. The highest BCUT2D eigenvalue weighted by Crippen LogP contribution is 2.28. The Morgan fingerprint density at radius 2 is 2.33 bits per heavy atom. The largest absolute Gasteiger partial charge is 0.380 e. The molecule has 3 rings (SSSR count). The van der Waals surface area contributed by atoms with Gasteiger partial charge in [-0.2, -0.15) is 0 Å². The van der Waals surface area contributed by atoms with E-state index in [1.54, 1.807) is 25.4 Å². The van der Waals surface area contributed by atoms with Gasteiger partial charge in [0.2, 0.25) is 5.91 Å². The molecular weight excluding hydrogens is 290 g/mol. The van der Waals surface area contributed by atoms with Crippen molar-refractivity contribution in [1.29, 1.82) is 0 Å². The van der Waals surface area contributed by atoms with Gasteiger partial charge in [-0.25, -0.2) is 0 Å². The summed E-state index contributed by atoms with van der Waals surface area (Å²) in [7, 11) is 1.66. The molecule has 1 saturated heterocycles. The standard InChI is InChI=1S/C15H16ClN3O2/c1-21-9-7-13(18-8-9)15(20)19-12-5-4-11(16)10-3-2-6-17-14(10)12/h2-6,9,13,18H,7-8H2,1H3,(H,19,20). The summed E-state index contributed by atoms with van der Waals surface area (Å²) in [4.78, 5) is 16.6. The first kappa shape index (κ1) is 14.3. The fraction of sp³-hybridized carbons (Fsp3) is 0.333. The van der Waals surface area contributed by atoms with E-state index in [0.29, 0.717) is 29.2 Å². The quantitative estimate of drug-likeness (QED) is 0.912. The Kier molecular flexibility index (Phi) is 4.05. The number of aromatic nitrogens is 1. The normalized spacial score (nSPS) is 21.6. The number of ether oxygens (including phenoxy) is 1. The summed E-state index contributed by atoms with van der Waals surface area (Å²) in [5.74, 6) is -0.0798. The molecule has 1 fully saturated rings. The minimum atomic E-state index is -0.246. The van der Waals surface area contributed by atoms with Gasteiger partial charge in [0.15, 0.2) is 0 Å². The van der Waals surface area contributed by atoms with Crippen molar-refractivity contribution < 1.29 is 9.53 Å². The fourth-order valence-corrected chi connectivity index (χ4v) is 2.76. The van der Waals surface area contributed by atoms with Crippen LogP contribution in [0.3, 0.4) is 0 Å². The van der Waals surface area contributed by atoms with Crippen LogP contribution in [-0.4, -0.2) is 36.7 Å². The third-order valence-electron chi connectivity index (χ3n) is 3.71. The number of hydrogen-bond acceptors (Lipinski definition) is 4. The molecule has 2 heterocycles. The molecule has 21 heavy (non-hydrogen) atoms. The molecule has 0 saturated carbocycles. The van der Waals surface area contributed by atoms with Crippen molar-refractivity contribution in [2.45, 2.75) is 18.6 Å². The number of methoxy groups -OCH3 is 1. The number of carbonyl (C=O) groups is 1. The smallest absolute Gasteiger partial charge is 0.241 e. The van der Waals surface area contributed by atoms with Crippen LogP contribution < -0.4 is 10.6 Å². The van der Waals surface area contributed by atoms with Gasteiger partial charge >= 0.3 is 0 Å². The number of halogens is 1. The molecule has 2 atom stereocenters. The number of benzene rings is 1. The summed E-state index contributed by atoms with van der Waals surface area (Å²) >= 11 is 6.15. The van der Waals surface area contributed by atoms with Gasteiger partial charge in [0, 0.05) is 25.2 Å². The first-order valence-electron chi connectivity index (χ1n) is 6.79. The average molecular weight is 306 g/mol. The predicted octanol–water partition coefficient (Wildman–Crippen LogP) is 2.20. The fourth-order valence-electron chi connectivity index (χ4n) is 2.54. The number of hydrogen-bond donors (Lipinski definition) is 2. The van der Waals surface area contributed by atoms with Crippen molar-refractivity contribution in [3.8, 4) is 0 Å². The zero-order valence-corrected chi connectivity index (χ0v) is 12.4. The number of fused-ring (bicyclic) bond motifs is 1. The molecule has 110 valence electrons. The minimum absolute atomic E-state index is 0.0798. The second-order valence-corrected chi connectivity index (χ2v) is 5.45. The van der Waals surface area contributed by atoms with Gasteiger partial charge in [-0.05, 0) is 30.7 Å². The van der Waals surface area contributed by atoms with Crippen LogP contribution in [-0.2, 0) is 9.53 Å². The lowest BCUT2D eigenvalue weighted by Crippen LogP contribution is -2.35. The Labute approximate surface area is 127 Å². The van der Waals surface area contributed by atoms with Crippen molar-refractivity contribution in [2.75, 3.05) is 19.0 Å². The van der Waals surface area contributed by atoms with E-state index in [0.717, 1.165) is 5.39 Å². The third kappa shape index (κ3) is 2.85. The molecule has 0 radical (unpaired) electrons. The van der Waals surface area contributed by atoms with E-state index >= 15 is 0 Å². The number of carbonyl (C=O) groups excluding carboxylic acids is 1. The molecule has 6 heteroatoms. The minimum Gasteiger partial charge on any atom is -0.380 e. The van der Waals surface area contributed by atoms with E-state index in [1.807, 2.05) is 12.1 Å². The van der Waals surface area contributed by atoms with Crippen LogP contribution in [0.2, 0.25) is 5.02 Å². The molecule has 1 aliphatic rings. The average Bonchev–Trinajstić information content (AvgIpc) is 2.99. The van der Waals surface area contributed by atoms with E-state index in [-0.39, 0.29) is 18.1 Å². The second kappa shape index (κ2) is 5.97. The molecule has 2 unspecified atom stereocenters. The number of pyridine rings is 1. The molecule has 2 N–H and O–H groups in total. The highest BCUT2D eigenvalue weighted by Gasteiger charge is 2.29. The molecular formula is C15H16ClN3O2. The molecule has 0 aliphatic carbocycles. The van der Waals surface area contributed by atoms with E-state index in [2.05, 4.69) is 15.6 Å². The van der Waals surface area contributed by atoms with Crippen LogP contribution in [0.5, 0.6) is 0 Å². The predicted molar refractivity (Wildman–Crippen MR) is 82.6 cm³/mol. The van der Waals surface area contributed by atoms with Gasteiger partial charge < -0.3 is 15.4 Å². The molecule has 1 aromatic carbocycles. The highest BCUT2D eigenvalue weighted by atomic mass is 35.5. The van der Waals surface area contributed by atoms with Gasteiger partial charge in [0.1, 0.15) is 0 Å². The number of nitrogens with zero attached hydrogens (tertiary/aromatic N) is 1. The van der Waals surface area contributed by atoms with Gasteiger partial charge in [0.25, 0.3) is 0 Å². The SMILES string of the molecule is COC1CNC(C(=O)Nc2ccc(Cl)c3cccnc23)C1. The van der Waals surface area contributed by atoms with Crippen LogP contribution >= 0.6 is 11.6 Å². The molecule has 0 bridgehead atoms. The van der Waals surface area contributed by atoms with E-state index in [9.17, 15) is 4.79 Å². The van der Waals surface area contributed by atoms with Crippen molar-refractivity contribution in [2.24, 2.45) is 0 Å². The maximum atomic E-state index is 12.3. The number of anilines is 1. The highest BCUT2D eigenvalue weighted by molar-refractivity contribution is 6.35. The molecule has 0 spiro atoms. The number of nitrogens with one attached hydrogen (secondary N) is 2. The zero-order valence-electron chi connectivity index (χ0n) is 11.6. The van der Waals surface area contributed by atoms with Gasteiger partial charge in [-0.1, -0.05) is 11.6 Å². The Bertz CT molecular complexity index is 677. The lowest BCUT2D eigenvalue weighted by atomic mass is 10.1. The summed E-state index contributed by atoms with van der Waals surface area (Å²) in [6.07, 6.45) is 2.44. The monoisotopic (exact) mass is 305 g/mol. The van der Waals surface area contributed by atoms with Crippen LogP contribution in [0.1, 0.15) is 6.42 Å². The van der Waals surface area contributed by atoms with Gasteiger partial charge in [-0.15, -0.1) is 0 Å². The number of rotatable bonds is 3. The Morgan fingerprint density at radius 1 is 1.48 bits per heavy atom. The van der Waals surface area contributed by atoms with Crippen LogP contribution in [0, 0.1) is 0 Å². The van der Waals surface area contributed by atoms with Crippen LogP contribution in [0.15, 0.2) is 30.5 Å². The Morgan fingerprint density at radius 3 is 3.10 bits per heavy atom. The zero-order chi connectivity index (χ0) is 14.8. The second-order valence-electron chi connectivity index (χ2n) is 5.04. The third-order valence-corrected chi connectivity index (χ3v) is 4.04. The topological polar surface area (TPSA) is 63.2 Å². The van der Waals surface area contributed by atoms with Gasteiger partial charge in [0.05, 0.1) is 28.4 Å². The van der Waals surface area contributed by atoms with Gasteiger partial charge in [-0.3, -0.25) is 9.78 Å². The van der Waals surface area contributed by atoms with Crippen molar-refractivity contribution in [3.63, 3.8) is 0 Å². The lowest BCUT2D eigenvalue weighted by molar-refractivity contribution is -0.117. The molecule has 2 aromatic rings. The Balaban J connectivity index is 1.82. The summed E-state index contributed by atoms with van der Waals surface area (Å²) in [6.45, 7) is 0.689. The van der Waals surface area contributed by atoms with Crippen LogP contribution in [0.4, 0.5) is 5.69 Å². The Hall–Kier alpha value is -1.69. The van der Waals surface area contributed by atoms with E-state index < -0.39 is 0 Å². The summed E-state index contributed by atoms with van der Waals surface area (Å²) in [5, 5.41) is 7.52. The maximum Gasteiger partial charge on any atom is 0.241 e. The van der Waals surface area contributed by atoms with Crippen molar-refractivity contribution in [3.05, 3.63) is 35.5 Å². The van der Waals surface area contributed by atoms with E-state index in [1.165, 1.54) is 0 Å². The number of amides is 1. The molecule has 1 aliphatic heterocycles. The molecule has 1 amide bonds. The van der Waals surface area contributed by atoms with Crippen molar-refractivity contribution >= 4 is 34.1 Å². The first-order chi connectivity index (χ1) is 10.2. The van der Waals surface area contributed by atoms with Crippen molar-refractivity contribution in [1.82, 2.24) is 10.3 Å².